The van der Waals surface area contributed by atoms with Gasteiger partial charge in [-0.2, -0.15) is 0 Å². The summed E-state index contributed by atoms with van der Waals surface area (Å²) in [5.74, 6) is -0.0575. The van der Waals surface area contributed by atoms with Crippen molar-refractivity contribution < 1.29 is 18.8 Å². The molecule has 0 saturated carbocycles. The number of benzene rings is 1. The molecule has 0 spiro atoms. The van der Waals surface area contributed by atoms with Crippen LogP contribution in [0.15, 0.2) is 40.8 Å². The zero-order valence-electron chi connectivity index (χ0n) is 19.1. The Balaban J connectivity index is 0.00000114. The molecule has 0 bridgehead atoms. The Hall–Kier alpha value is -3.13. The topological polar surface area (TPSA) is 112 Å². The van der Waals surface area contributed by atoms with Gasteiger partial charge >= 0.3 is 0 Å². The zero-order chi connectivity index (χ0) is 23.3. The van der Waals surface area contributed by atoms with Gasteiger partial charge in [-0.05, 0) is 43.1 Å². The Bertz CT molecular complexity index is 888. The molecule has 32 heavy (non-hydrogen) atoms. The highest BCUT2D eigenvalue weighted by Crippen LogP contribution is 2.23. The van der Waals surface area contributed by atoms with Crippen molar-refractivity contribution in [3.63, 3.8) is 0 Å². The molecule has 174 valence electrons. The molecule has 1 fully saturated rings. The van der Waals surface area contributed by atoms with Gasteiger partial charge in [0.05, 0.1) is 12.6 Å². The Kier molecular flexibility index (Phi) is 10.5. The molecule has 8 heteroatoms. The van der Waals surface area contributed by atoms with E-state index >= 15 is 0 Å². The zero-order valence-corrected chi connectivity index (χ0v) is 19.1. The second kappa shape index (κ2) is 13.3. The van der Waals surface area contributed by atoms with Crippen LogP contribution in [-0.4, -0.2) is 43.9 Å². The smallest absolute Gasteiger partial charge is 0.287 e. The molecule has 2 heterocycles. The van der Waals surface area contributed by atoms with Crippen LogP contribution in [-0.2, 0) is 16.1 Å². The van der Waals surface area contributed by atoms with E-state index in [0.29, 0.717) is 12.3 Å². The van der Waals surface area contributed by atoms with E-state index in [0.717, 1.165) is 36.9 Å². The second-order valence-electron chi connectivity index (χ2n) is 7.65. The minimum Gasteiger partial charge on any atom is -0.451 e. The molecule has 1 aromatic heterocycles. The van der Waals surface area contributed by atoms with Crippen molar-refractivity contribution in [2.24, 2.45) is 0 Å². The maximum absolute atomic E-state index is 12.3. The Morgan fingerprint density at radius 3 is 2.56 bits per heavy atom. The van der Waals surface area contributed by atoms with Crippen LogP contribution in [0, 0.1) is 0 Å². The molecule has 0 aliphatic carbocycles. The summed E-state index contributed by atoms with van der Waals surface area (Å²) in [6.45, 7) is 5.44. The van der Waals surface area contributed by atoms with Gasteiger partial charge in [0.2, 0.25) is 11.8 Å². The van der Waals surface area contributed by atoms with Gasteiger partial charge in [0.25, 0.3) is 5.91 Å². The number of hydrogen-bond acceptors (Lipinski definition) is 5. The Morgan fingerprint density at radius 2 is 1.88 bits per heavy atom. The molecule has 1 saturated heterocycles. The number of hydrogen-bond donors (Lipinski definition) is 4. The highest BCUT2D eigenvalue weighted by atomic mass is 16.3. The number of likely N-dealkylation sites (N-methyl/N-ethyl adjacent to an activating group) is 1. The fraction of sp³-hybridized carbons (Fsp3) is 0.458. The van der Waals surface area contributed by atoms with E-state index in [-0.39, 0.29) is 30.2 Å². The van der Waals surface area contributed by atoms with Crippen molar-refractivity contribution in [3.8, 4) is 11.3 Å². The highest BCUT2D eigenvalue weighted by molar-refractivity contribution is 5.94. The van der Waals surface area contributed by atoms with E-state index in [1.54, 1.807) is 12.1 Å². The molecule has 8 nitrogen and oxygen atoms in total. The summed E-state index contributed by atoms with van der Waals surface area (Å²) < 4.78 is 5.63. The summed E-state index contributed by atoms with van der Waals surface area (Å²) in [4.78, 5) is 35.6. The maximum atomic E-state index is 12.3. The van der Waals surface area contributed by atoms with Crippen molar-refractivity contribution in [3.05, 3.63) is 47.7 Å². The average Bonchev–Trinajstić information content (AvgIpc) is 3.32. The molecule has 1 aliphatic rings. The first-order valence-electron chi connectivity index (χ1n) is 11.2. The van der Waals surface area contributed by atoms with Crippen molar-refractivity contribution in [1.29, 1.82) is 0 Å². The summed E-state index contributed by atoms with van der Waals surface area (Å²) in [6.07, 6.45) is 4.29. The molecule has 3 rings (SSSR count). The quantitative estimate of drug-likeness (QED) is 0.527. The van der Waals surface area contributed by atoms with E-state index in [1.165, 1.54) is 13.5 Å². The number of furan rings is 1. The van der Waals surface area contributed by atoms with Gasteiger partial charge in [0.1, 0.15) is 5.76 Å². The lowest BCUT2D eigenvalue weighted by molar-refractivity contribution is -0.123. The number of rotatable bonds is 7. The fourth-order valence-corrected chi connectivity index (χ4v) is 3.17. The van der Waals surface area contributed by atoms with Crippen LogP contribution in [0.1, 0.15) is 55.6 Å². The molecular weight excluding hydrogens is 408 g/mol. The minimum absolute atomic E-state index is 0.0168. The Morgan fingerprint density at radius 1 is 1.09 bits per heavy atom. The number of nitrogens with one attached hydrogen (secondary N) is 4. The third-order valence-electron chi connectivity index (χ3n) is 4.82. The summed E-state index contributed by atoms with van der Waals surface area (Å²) in [6, 6.07) is 10.8. The van der Waals surface area contributed by atoms with Crippen LogP contribution in [0.5, 0.6) is 0 Å². The van der Waals surface area contributed by atoms with Crippen LogP contribution < -0.4 is 21.3 Å². The van der Waals surface area contributed by atoms with Gasteiger partial charge < -0.3 is 25.7 Å². The third kappa shape index (κ3) is 7.85. The number of carbonyl (C=O) groups is 3. The van der Waals surface area contributed by atoms with Crippen molar-refractivity contribution in [2.45, 2.75) is 52.1 Å². The summed E-state index contributed by atoms with van der Waals surface area (Å²) in [5, 5.41) is 11.1. The highest BCUT2D eigenvalue weighted by Gasteiger charge is 2.20. The first-order chi connectivity index (χ1) is 15.5. The first kappa shape index (κ1) is 25.1. The molecule has 2 aromatic rings. The predicted octanol–water partition coefficient (Wildman–Crippen LogP) is 2.60. The van der Waals surface area contributed by atoms with Crippen LogP contribution in [0.3, 0.4) is 0 Å². The third-order valence-corrected chi connectivity index (χ3v) is 4.82. The monoisotopic (exact) mass is 442 g/mol. The van der Waals surface area contributed by atoms with E-state index < -0.39 is 5.91 Å². The lowest BCUT2D eigenvalue weighted by Crippen LogP contribution is -2.46. The average molecular weight is 443 g/mol. The van der Waals surface area contributed by atoms with Crippen molar-refractivity contribution in [1.82, 2.24) is 21.3 Å². The largest absolute Gasteiger partial charge is 0.451 e. The standard InChI is InChI=1S/C21H26N4O4.C3H8/c1-22-19(26)13-25-21(28)18-9-8-17(29-18)15-6-4-5-14(11-15)12-24-20(27)16-7-2-3-10-23-16;1-3-2/h4-6,8-9,11,16,23H,2-3,7,10,12-13H2,1H3,(H,22,26)(H,24,27)(H,25,28);3H2,1-2H3. The van der Waals surface area contributed by atoms with E-state index in [4.69, 9.17) is 4.42 Å². The maximum Gasteiger partial charge on any atom is 0.287 e. The SMILES string of the molecule is CCC.CNC(=O)CNC(=O)c1ccc(-c2cccc(CNC(=O)C3CCCCN3)c2)o1. The van der Waals surface area contributed by atoms with Crippen molar-refractivity contribution in [2.75, 3.05) is 20.1 Å². The fourth-order valence-electron chi connectivity index (χ4n) is 3.17. The van der Waals surface area contributed by atoms with Crippen LogP contribution in [0.2, 0.25) is 0 Å². The molecule has 1 aliphatic heterocycles. The van der Waals surface area contributed by atoms with Gasteiger partial charge in [-0.15, -0.1) is 0 Å². The minimum atomic E-state index is -0.455. The van der Waals surface area contributed by atoms with Crippen molar-refractivity contribution >= 4 is 17.7 Å². The lowest BCUT2D eigenvalue weighted by atomic mass is 10.0. The van der Waals surface area contributed by atoms with Gasteiger partial charge in [-0.1, -0.05) is 44.9 Å². The second-order valence-corrected chi connectivity index (χ2v) is 7.65. The number of carbonyl (C=O) groups excluding carboxylic acids is 3. The van der Waals surface area contributed by atoms with Crippen LogP contribution in [0.4, 0.5) is 0 Å². The molecule has 4 N–H and O–H groups in total. The first-order valence-corrected chi connectivity index (χ1v) is 11.2. The summed E-state index contributed by atoms with van der Waals surface area (Å²) in [5.41, 5.74) is 1.74. The Labute approximate surface area is 189 Å². The van der Waals surface area contributed by atoms with Gasteiger partial charge in [-0.3, -0.25) is 14.4 Å². The predicted molar refractivity (Wildman–Crippen MR) is 124 cm³/mol. The van der Waals surface area contributed by atoms with E-state index in [9.17, 15) is 14.4 Å². The van der Waals surface area contributed by atoms with E-state index in [2.05, 4.69) is 35.1 Å². The molecular formula is C24H34N4O4. The van der Waals surface area contributed by atoms with Gasteiger partial charge in [0, 0.05) is 19.2 Å². The molecule has 1 unspecified atom stereocenters. The molecule has 3 amide bonds. The lowest BCUT2D eigenvalue weighted by Gasteiger charge is -2.22. The molecule has 1 atom stereocenters. The van der Waals surface area contributed by atoms with Crippen LogP contribution in [0.25, 0.3) is 11.3 Å². The summed E-state index contributed by atoms with van der Waals surface area (Å²) in [7, 11) is 1.50. The van der Waals surface area contributed by atoms with Gasteiger partial charge in [0.15, 0.2) is 5.76 Å². The van der Waals surface area contributed by atoms with E-state index in [1.807, 2.05) is 24.3 Å². The van der Waals surface area contributed by atoms with Crippen LogP contribution >= 0.6 is 0 Å². The molecule has 0 radical (unpaired) electrons. The number of amides is 3. The normalized spacial score (nSPS) is 15.2. The number of piperidine rings is 1. The summed E-state index contributed by atoms with van der Waals surface area (Å²) >= 11 is 0. The van der Waals surface area contributed by atoms with Gasteiger partial charge in [-0.25, -0.2) is 0 Å². The molecule has 1 aromatic carbocycles.